The van der Waals surface area contributed by atoms with Gasteiger partial charge in [0.15, 0.2) is 0 Å². The van der Waals surface area contributed by atoms with E-state index in [1.807, 2.05) is 6.07 Å². The Morgan fingerprint density at radius 2 is 2.00 bits per heavy atom. The number of hydrogen-bond acceptors (Lipinski definition) is 2. The van der Waals surface area contributed by atoms with Crippen molar-refractivity contribution in [3.8, 4) is 0 Å². The zero-order valence-corrected chi connectivity index (χ0v) is 12.4. The highest BCUT2D eigenvalue weighted by atomic mass is 35.5. The monoisotopic (exact) mass is 285 g/mol. The van der Waals surface area contributed by atoms with Gasteiger partial charge in [0.1, 0.15) is 0 Å². The summed E-state index contributed by atoms with van der Waals surface area (Å²) in [7, 11) is -0.964. The lowest BCUT2D eigenvalue weighted by Gasteiger charge is -2.31. The van der Waals surface area contributed by atoms with Crippen molar-refractivity contribution in [1.82, 2.24) is 0 Å². The van der Waals surface area contributed by atoms with Crippen molar-refractivity contribution in [1.29, 1.82) is 0 Å². The Labute approximate surface area is 116 Å². The van der Waals surface area contributed by atoms with Gasteiger partial charge in [-0.15, -0.1) is 0 Å². The van der Waals surface area contributed by atoms with E-state index in [-0.39, 0.29) is 5.25 Å². The first-order chi connectivity index (χ1) is 8.49. The number of anilines is 1. The number of benzene rings is 1. The molecule has 4 unspecified atom stereocenters. The van der Waals surface area contributed by atoms with Crippen molar-refractivity contribution in [2.75, 3.05) is 5.73 Å². The van der Waals surface area contributed by atoms with Crippen LogP contribution in [0.15, 0.2) is 23.1 Å². The highest BCUT2D eigenvalue weighted by Gasteiger charge is 2.29. The van der Waals surface area contributed by atoms with Crippen molar-refractivity contribution < 1.29 is 4.21 Å². The minimum Gasteiger partial charge on any atom is -0.398 e. The first-order valence-electron chi connectivity index (χ1n) is 6.44. The van der Waals surface area contributed by atoms with Gasteiger partial charge in [-0.05, 0) is 49.3 Å². The third-order valence-electron chi connectivity index (χ3n) is 4.06. The van der Waals surface area contributed by atoms with Crippen molar-refractivity contribution in [2.45, 2.75) is 43.3 Å². The summed E-state index contributed by atoms with van der Waals surface area (Å²) in [5.74, 6) is 1.39. The Balaban J connectivity index is 2.14. The van der Waals surface area contributed by atoms with E-state index in [9.17, 15) is 4.21 Å². The van der Waals surface area contributed by atoms with E-state index in [0.717, 1.165) is 23.7 Å². The third-order valence-corrected chi connectivity index (χ3v) is 6.14. The molecule has 1 aliphatic carbocycles. The molecule has 0 aromatic heterocycles. The van der Waals surface area contributed by atoms with Gasteiger partial charge in [0.2, 0.25) is 0 Å². The molecule has 1 fully saturated rings. The first-order valence-corrected chi connectivity index (χ1v) is 8.03. The van der Waals surface area contributed by atoms with Crippen LogP contribution in [0.1, 0.15) is 33.1 Å². The fraction of sp³-hybridized carbons (Fsp3) is 0.571. The summed E-state index contributed by atoms with van der Waals surface area (Å²) in [5.41, 5.74) is 6.22. The molecule has 4 atom stereocenters. The standard InChI is InChI=1S/C14H20ClNOS/c1-9-3-4-11(7-10(9)2)18(17)12-5-6-14(16)13(15)8-12/h5-6,8-11H,3-4,7,16H2,1-2H3. The Kier molecular flexibility index (Phi) is 4.33. The Morgan fingerprint density at radius 3 is 2.61 bits per heavy atom. The van der Waals surface area contributed by atoms with Crippen LogP contribution in [0.5, 0.6) is 0 Å². The molecule has 100 valence electrons. The minimum absolute atomic E-state index is 0.260. The van der Waals surface area contributed by atoms with E-state index in [2.05, 4.69) is 13.8 Å². The molecule has 0 spiro atoms. The van der Waals surface area contributed by atoms with Gasteiger partial charge in [0, 0.05) is 10.1 Å². The van der Waals surface area contributed by atoms with Gasteiger partial charge in [-0.2, -0.15) is 0 Å². The topological polar surface area (TPSA) is 43.1 Å². The SMILES string of the molecule is CC1CCC(S(=O)c2ccc(N)c(Cl)c2)CC1C. The second-order valence-electron chi connectivity index (χ2n) is 5.37. The van der Waals surface area contributed by atoms with Gasteiger partial charge in [0.25, 0.3) is 0 Å². The molecular weight excluding hydrogens is 266 g/mol. The van der Waals surface area contributed by atoms with E-state index < -0.39 is 10.8 Å². The molecule has 4 heteroatoms. The van der Waals surface area contributed by atoms with E-state index in [4.69, 9.17) is 17.3 Å². The van der Waals surface area contributed by atoms with Crippen molar-refractivity contribution in [3.63, 3.8) is 0 Å². The molecule has 1 saturated carbocycles. The summed E-state index contributed by atoms with van der Waals surface area (Å²) in [6, 6.07) is 5.32. The van der Waals surface area contributed by atoms with Crippen molar-refractivity contribution in [2.24, 2.45) is 11.8 Å². The van der Waals surface area contributed by atoms with Crippen LogP contribution in [0, 0.1) is 11.8 Å². The zero-order chi connectivity index (χ0) is 13.3. The molecule has 0 saturated heterocycles. The van der Waals surface area contributed by atoms with E-state index in [1.165, 1.54) is 6.42 Å². The lowest BCUT2D eigenvalue weighted by molar-refractivity contribution is 0.281. The fourth-order valence-electron chi connectivity index (χ4n) is 2.52. The van der Waals surface area contributed by atoms with Gasteiger partial charge in [-0.25, -0.2) is 0 Å². The third kappa shape index (κ3) is 2.89. The number of halogens is 1. The second-order valence-corrected chi connectivity index (χ2v) is 7.51. The number of rotatable bonds is 2. The van der Waals surface area contributed by atoms with Crippen LogP contribution in [-0.2, 0) is 10.8 Å². The first kappa shape index (κ1) is 13.9. The molecule has 1 aromatic carbocycles. The molecule has 18 heavy (non-hydrogen) atoms. The largest absolute Gasteiger partial charge is 0.398 e. The number of nitrogens with two attached hydrogens (primary N) is 1. The lowest BCUT2D eigenvalue weighted by atomic mass is 9.81. The quantitative estimate of drug-likeness (QED) is 0.839. The van der Waals surface area contributed by atoms with Gasteiger partial charge >= 0.3 is 0 Å². The maximum Gasteiger partial charge on any atom is 0.0647 e. The van der Waals surface area contributed by atoms with Crippen LogP contribution in [0.2, 0.25) is 5.02 Å². The van der Waals surface area contributed by atoms with Gasteiger partial charge < -0.3 is 5.73 Å². The molecule has 0 amide bonds. The maximum absolute atomic E-state index is 12.5. The van der Waals surface area contributed by atoms with Gasteiger partial charge in [-0.3, -0.25) is 4.21 Å². The zero-order valence-electron chi connectivity index (χ0n) is 10.9. The van der Waals surface area contributed by atoms with E-state index in [1.54, 1.807) is 12.1 Å². The minimum atomic E-state index is -0.964. The lowest BCUT2D eigenvalue weighted by Crippen LogP contribution is -2.27. The Bertz CT molecular complexity index is 463. The molecule has 2 nitrogen and oxygen atoms in total. The average Bonchev–Trinajstić information content (AvgIpc) is 2.35. The van der Waals surface area contributed by atoms with Crippen LogP contribution < -0.4 is 5.73 Å². The van der Waals surface area contributed by atoms with Crippen LogP contribution in [-0.4, -0.2) is 9.46 Å². The molecular formula is C14H20ClNOS. The molecule has 0 aliphatic heterocycles. The molecule has 0 bridgehead atoms. The smallest absolute Gasteiger partial charge is 0.0647 e. The van der Waals surface area contributed by atoms with Crippen LogP contribution >= 0.6 is 11.6 Å². The predicted molar refractivity (Wildman–Crippen MR) is 78.2 cm³/mol. The Hall–Kier alpha value is -0.540. The summed E-state index contributed by atoms with van der Waals surface area (Å²) in [5, 5.41) is 0.758. The second kappa shape index (κ2) is 5.62. The molecule has 1 aliphatic rings. The number of hydrogen-bond donors (Lipinski definition) is 1. The summed E-state index contributed by atoms with van der Waals surface area (Å²) in [6.07, 6.45) is 3.25. The summed E-state index contributed by atoms with van der Waals surface area (Å²) < 4.78 is 12.5. The molecule has 2 rings (SSSR count). The maximum atomic E-state index is 12.5. The van der Waals surface area contributed by atoms with E-state index >= 15 is 0 Å². The summed E-state index contributed by atoms with van der Waals surface area (Å²) in [4.78, 5) is 0.806. The molecule has 1 aromatic rings. The highest BCUT2D eigenvalue weighted by molar-refractivity contribution is 7.85. The average molecular weight is 286 g/mol. The van der Waals surface area contributed by atoms with Crippen LogP contribution in [0.4, 0.5) is 5.69 Å². The van der Waals surface area contributed by atoms with E-state index in [0.29, 0.717) is 16.6 Å². The summed E-state index contributed by atoms with van der Waals surface area (Å²) in [6.45, 7) is 4.54. The molecule has 0 radical (unpaired) electrons. The highest BCUT2D eigenvalue weighted by Crippen LogP contribution is 2.34. The summed E-state index contributed by atoms with van der Waals surface area (Å²) >= 11 is 5.99. The van der Waals surface area contributed by atoms with Crippen molar-refractivity contribution >= 4 is 28.1 Å². The van der Waals surface area contributed by atoms with Gasteiger partial charge in [0.05, 0.1) is 21.5 Å². The van der Waals surface area contributed by atoms with Crippen LogP contribution in [0.3, 0.4) is 0 Å². The fourth-order valence-corrected chi connectivity index (χ4v) is 4.41. The Morgan fingerprint density at radius 1 is 1.28 bits per heavy atom. The normalized spacial score (nSPS) is 30.1. The molecule has 2 N–H and O–H groups in total. The van der Waals surface area contributed by atoms with Crippen molar-refractivity contribution in [3.05, 3.63) is 23.2 Å². The predicted octanol–water partition coefficient (Wildman–Crippen LogP) is 3.85. The number of nitrogen functional groups attached to an aromatic ring is 1. The molecule has 0 heterocycles. The van der Waals surface area contributed by atoms with Crippen LogP contribution in [0.25, 0.3) is 0 Å². The van der Waals surface area contributed by atoms with Gasteiger partial charge in [-0.1, -0.05) is 25.4 Å².